The average molecular weight is 695 g/mol. The van der Waals surface area contributed by atoms with Gasteiger partial charge in [-0.1, -0.05) is 76.9 Å². The van der Waals surface area contributed by atoms with Crippen LogP contribution < -0.4 is 24.8 Å². The topological polar surface area (TPSA) is 0 Å². The number of hydrogen-bond acceptors (Lipinski definition) is 0. The van der Waals surface area contributed by atoms with Gasteiger partial charge in [0.1, 0.15) is 0 Å². The molecule has 0 unspecified atom stereocenters. The van der Waals surface area contributed by atoms with Crippen LogP contribution in [0.5, 0.6) is 0 Å². The zero-order chi connectivity index (χ0) is 29.7. The van der Waals surface area contributed by atoms with Gasteiger partial charge in [-0.3, -0.25) is 6.08 Å². The molecule has 4 bridgehead atoms. The molecule has 0 aromatic heterocycles. The van der Waals surface area contributed by atoms with E-state index in [1.54, 1.807) is 54.6 Å². The van der Waals surface area contributed by atoms with Gasteiger partial charge in [-0.2, -0.15) is 6.08 Å². The molecule has 0 radical (unpaired) electrons. The van der Waals surface area contributed by atoms with Gasteiger partial charge in [0.2, 0.25) is 0 Å². The summed E-state index contributed by atoms with van der Waals surface area (Å²) < 4.78 is 1.51. The molecule has 232 valence electrons. The molecule has 0 heterocycles. The molecule has 3 aromatic carbocycles. The van der Waals surface area contributed by atoms with Gasteiger partial charge in [-0.25, -0.2) is 11.1 Å². The van der Waals surface area contributed by atoms with Crippen LogP contribution >= 0.6 is 0 Å². The van der Waals surface area contributed by atoms with Crippen molar-refractivity contribution < 1.29 is 49.0 Å². The number of halogens is 2. The molecule has 5 aliphatic carbocycles. The fourth-order valence-corrected chi connectivity index (χ4v) is 8.53. The first-order valence-electron chi connectivity index (χ1n) is 16.1. The summed E-state index contributed by atoms with van der Waals surface area (Å²) in [5.74, 6) is 3.19. The molecule has 0 spiro atoms. The van der Waals surface area contributed by atoms with E-state index in [2.05, 4.69) is 117 Å². The summed E-state index contributed by atoms with van der Waals surface area (Å²) in [6.07, 6.45) is 16.3. The van der Waals surface area contributed by atoms with Crippen molar-refractivity contribution in [2.45, 2.75) is 118 Å². The van der Waals surface area contributed by atoms with Crippen molar-refractivity contribution in [2.24, 2.45) is 23.2 Å². The van der Waals surface area contributed by atoms with Crippen LogP contribution in [-0.4, -0.2) is 3.21 Å². The van der Waals surface area contributed by atoms with Crippen molar-refractivity contribution in [1.82, 2.24) is 0 Å². The molecular weight excluding hydrogens is 643 g/mol. The van der Waals surface area contributed by atoms with Gasteiger partial charge in [0.05, 0.1) is 0 Å². The molecule has 4 fully saturated rings. The van der Waals surface area contributed by atoms with Crippen molar-refractivity contribution in [1.29, 1.82) is 0 Å². The van der Waals surface area contributed by atoms with Gasteiger partial charge in [0.15, 0.2) is 0 Å². The second-order valence-electron chi connectivity index (χ2n) is 16.1. The van der Waals surface area contributed by atoms with Gasteiger partial charge in [0.25, 0.3) is 0 Å². The minimum absolute atomic E-state index is 0. The van der Waals surface area contributed by atoms with E-state index < -0.39 is 0 Å². The minimum atomic E-state index is 0. The third-order valence-corrected chi connectivity index (χ3v) is 10.1. The van der Waals surface area contributed by atoms with E-state index >= 15 is 0 Å². The molecule has 0 saturated heterocycles. The summed E-state index contributed by atoms with van der Waals surface area (Å²) in [6.45, 7) is 20.2. The van der Waals surface area contributed by atoms with Crippen molar-refractivity contribution in [3.63, 3.8) is 0 Å². The summed E-state index contributed by atoms with van der Waals surface area (Å²) in [6, 6.07) is 16.2. The van der Waals surface area contributed by atoms with Crippen LogP contribution in [0.25, 0.3) is 21.5 Å². The SMILES string of the molecule is CC(C)(C)c1ccc2c(c1)[cH-]c1cc(C(C)(C)C)ccc12.CC1=CC[C-]=C1C12CC3CC(CC(C3)C1)C2.C[C](C)=[Zr+2].[Cl-].[Cl-]. The molecule has 0 N–H and O–H groups in total. The first-order chi connectivity index (χ1) is 19.1. The maximum Gasteiger partial charge on any atom is -1.00 e. The summed E-state index contributed by atoms with van der Waals surface area (Å²) in [5.41, 5.74) is 7.00. The van der Waals surface area contributed by atoms with Crippen LogP contribution in [0.15, 0.2) is 59.7 Å². The number of fused-ring (bicyclic) bond motifs is 3. The van der Waals surface area contributed by atoms with Gasteiger partial charge < -0.3 is 24.8 Å². The third-order valence-electron chi connectivity index (χ3n) is 10.1. The number of benzene rings is 2. The van der Waals surface area contributed by atoms with Crippen LogP contribution in [0.1, 0.15) is 118 Å². The smallest absolute Gasteiger partial charge is 1.00 e. The Kier molecular flexibility index (Phi) is 11.8. The van der Waals surface area contributed by atoms with E-state index in [0.29, 0.717) is 5.41 Å². The van der Waals surface area contributed by atoms with Gasteiger partial charge in [0, 0.05) is 0 Å². The van der Waals surface area contributed by atoms with Gasteiger partial charge in [-0.15, -0.1) is 53.1 Å². The van der Waals surface area contributed by atoms with E-state index in [-0.39, 0.29) is 35.6 Å². The van der Waals surface area contributed by atoms with E-state index in [1.807, 2.05) is 0 Å². The van der Waals surface area contributed by atoms with Crippen molar-refractivity contribution >= 4 is 24.8 Å². The Hall–Kier alpha value is -0.877. The van der Waals surface area contributed by atoms with E-state index in [1.165, 1.54) is 55.1 Å². The Morgan fingerprint density at radius 2 is 1.16 bits per heavy atom. The van der Waals surface area contributed by atoms with Gasteiger partial charge in [-0.05, 0) is 72.5 Å². The van der Waals surface area contributed by atoms with Crippen molar-refractivity contribution in [2.75, 3.05) is 0 Å². The van der Waals surface area contributed by atoms with Gasteiger partial charge >= 0.3 is 41.3 Å². The second-order valence-corrected chi connectivity index (χ2v) is 18.5. The second kappa shape index (κ2) is 13.9. The van der Waals surface area contributed by atoms with Crippen molar-refractivity contribution in [3.8, 4) is 0 Å². The molecule has 8 rings (SSSR count). The fraction of sp³-hybridized carbons (Fsp3) is 0.550. The molecular formula is C40H52Cl2Zr-2. The molecule has 3 aromatic rings. The van der Waals surface area contributed by atoms with E-state index in [4.69, 9.17) is 0 Å². The van der Waals surface area contributed by atoms with Crippen LogP contribution in [0, 0.1) is 29.2 Å². The summed E-state index contributed by atoms with van der Waals surface area (Å²) in [4.78, 5) is 0. The summed E-state index contributed by atoms with van der Waals surface area (Å²) in [7, 11) is 0. The number of rotatable bonds is 1. The standard InChI is InChI=1S/C21H25.C16H21.C3H6.2ClH.Zr/c1-20(2,3)16-7-9-18-14(12-16)11-15-13-17(21(4,5)6)8-10-19(15)18;1-11-3-2-4-15(11)16-8-12-5-13(9-16)7-14(6-12)10-16;1-3-2;;;/h7-13H,1-6H3;3,12-14H,2,5-10H2,1H3;1-2H3;2*1H;/q2*-1;;;;+2/p-2. The van der Waals surface area contributed by atoms with Crippen LogP contribution in [0.4, 0.5) is 0 Å². The summed E-state index contributed by atoms with van der Waals surface area (Å²) >= 11 is 1.55. The van der Waals surface area contributed by atoms with E-state index in [0.717, 1.165) is 24.2 Å². The third kappa shape index (κ3) is 8.11. The van der Waals surface area contributed by atoms with Crippen LogP contribution in [0.3, 0.4) is 0 Å². The Labute approximate surface area is 290 Å². The zero-order valence-corrected chi connectivity index (χ0v) is 32.0. The Morgan fingerprint density at radius 1 is 0.767 bits per heavy atom. The fourth-order valence-electron chi connectivity index (χ4n) is 8.53. The molecule has 0 amide bonds. The van der Waals surface area contributed by atoms with Crippen molar-refractivity contribution in [3.05, 3.63) is 76.9 Å². The molecule has 5 aliphatic rings. The Morgan fingerprint density at radius 3 is 1.49 bits per heavy atom. The monoisotopic (exact) mass is 692 g/mol. The molecule has 3 heteroatoms. The number of hydrogen-bond donors (Lipinski definition) is 0. The largest absolute Gasteiger partial charge is 1.00 e. The zero-order valence-electron chi connectivity index (χ0n) is 28.1. The maximum atomic E-state index is 3.69. The molecule has 4 saturated carbocycles. The average Bonchev–Trinajstić information content (AvgIpc) is 3.45. The minimum Gasteiger partial charge on any atom is -1.00 e. The quantitative estimate of drug-likeness (QED) is 0.302. The Balaban J connectivity index is 0.000000205. The summed E-state index contributed by atoms with van der Waals surface area (Å²) in [5, 5.41) is 5.48. The van der Waals surface area contributed by atoms with Crippen LogP contribution in [-0.2, 0) is 35.1 Å². The van der Waals surface area contributed by atoms with E-state index in [9.17, 15) is 0 Å². The first kappa shape index (κ1) is 36.6. The maximum absolute atomic E-state index is 3.69. The predicted molar refractivity (Wildman–Crippen MR) is 177 cm³/mol. The normalized spacial score (nSPS) is 25.5. The Bertz CT molecular complexity index is 1390. The first-order valence-corrected chi connectivity index (χ1v) is 17.3. The molecule has 0 aliphatic heterocycles. The molecule has 43 heavy (non-hydrogen) atoms. The number of allylic oxidation sites excluding steroid dienone is 4. The molecule has 0 atom stereocenters. The predicted octanol–water partition coefficient (Wildman–Crippen LogP) is 5.34. The molecule has 0 nitrogen and oxygen atoms in total. The van der Waals surface area contributed by atoms with Crippen LogP contribution in [0.2, 0.25) is 0 Å².